The van der Waals surface area contributed by atoms with Crippen LogP contribution in [0.5, 0.6) is 11.5 Å². The van der Waals surface area contributed by atoms with E-state index in [1.165, 1.54) is 4.57 Å². The molecule has 0 saturated heterocycles. The molecule has 2 aromatic carbocycles. The summed E-state index contributed by atoms with van der Waals surface area (Å²) in [5, 5.41) is 21.9. The van der Waals surface area contributed by atoms with Crippen molar-refractivity contribution < 1.29 is 24.5 Å². The molecule has 1 aliphatic rings. The molecule has 0 fully saturated rings. The fraction of sp³-hybridized carbons (Fsp3) is 0.150. The highest BCUT2D eigenvalue weighted by Gasteiger charge is 2.31. The molecule has 0 spiro atoms. The van der Waals surface area contributed by atoms with Crippen LogP contribution in [0.3, 0.4) is 0 Å². The van der Waals surface area contributed by atoms with Gasteiger partial charge in [-0.05, 0) is 45.8 Å². The largest absolute Gasteiger partial charge is 0.506 e. The van der Waals surface area contributed by atoms with Crippen LogP contribution in [0.15, 0.2) is 50.1 Å². The van der Waals surface area contributed by atoms with Crippen molar-refractivity contribution in [2.75, 3.05) is 6.54 Å². The Balaban J connectivity index is 1.90. The van der Waals surface area contributed by atoms with Crippen molar-refractivity contribution in [2.45, 2.75) is 12.6 Å². The van der Waals surface area contributed by atoms with Gasteiger partial charge in [0.15, 0.2) is 0 Å². The number of hydrogen-bond acceptors (Lipinski definition) is 5. The highest BCUT2D eigenvalue weighted by Crippen LogP contribution is 2.42. The van der Waals surface area contributed by atoms with E-state index in [1.54, 1.807) is 12.1 Å². The van der Waals surface area contributed by atoms with Gasteiger partial charge in [-0.15, -0.1) is 0 Å². The number of rotatable bonds is 4. The number of benzene rings is 2. The number of pyridine rings is 1. The fourth-order valence-corrected chi connectivity index (χ4v) is 4.20. The monoisotopic (exact) mass is 536 g/mol. The van der Waals surface area contributed by atoms with Crippen molar-refractivity contribution >= 4 is 54.6 Å². The predicted molar refractivity (Wildman–Crippen MR) is 115 cm³/mol. The molecule has 4 rings (SSSR count). The molecule has 1 unspecified atom stereocenters. The van der Waals surface area contributed by atoms with Gasteiger partial charge in [0.05, 0.1) is 17.4 Å². The summed E-state index contributed by atoms with van der Waals surface area (Å²) < 4.78 is 8.82. The number of aromatic nitrogens is 1. The first-order valence-electron chi connectivity index (χ1n) is 8.78. The zero-order chi connectivity index (χ0) is 21.6. The lowest BCUT2D eigenvalue weighted by atomic mass is 10.0. The maximum absolute atomic E-state index is 13.2. The first-order valence-corrected chi connectivity index (χ1v) is 10.4. The molecule has 1 aromatic heterocycles. The van der Waals surface area contributed by atoms with Gasteiger partial charge < -0.3 is 20.3 Å². The Labute approximate surface area is 186 Å². The van der Waals surface area contributed by atoms with Crippen LogP contribution in [0.1, 0.15) is 22.0 Å². The minimum atomic E-state index is -1.27. The number of aliphatic carboxylic acids is 1. The number of carboxylic acid groups (broad SMARTS) is 1. The zero-order valence-corrected chi connectivity index (χ0v) is 18.4. The molecule has 154 valence electrons. The number of carboxylic acids is 1. The molecular weight excluding hydrogens is 524 g/mol. The summed E-state index contributed by atoms with van der Waals surface area (Å²) in [5.74, 6) is -2.38. The lowest BCUT2D eigenvalue weighted by molar-refractivity contribution is -0.135. The van der Waals surface area contributed by atoms with Crippen LogP contribution in [0.4, 0.5) is 0 Å². The van der Waals surface area contributed by atoms with Crippen LogP contribution in [-0.2, 0) is 11.3 Å². The van der Waals surface area contributed by atoms with E-state index in [2.05, 4.69) is 37.2 Å². The number of amides is 1. The topological polar surface area (TPSA) is 118 Å². The Hall–Kier alpha value is -2.85. The molecule has 8 nitrogen and oxygen atoms in total. The van der Waals surface area contributed by atoms with E-state index in [1.807, 2.05) is 24.3 Å². The van der Waals surface area contributed by atoms with Crippen molar-refractivity contribution in [1.29, 1.82) is 0 Å². The summed E-state index contributed by atoms with van der Waals surface area (Å²) in [6.07, 6.45) is -0.493. The molecule has 10 heteroatoms. The van der Waals surface area contributed by atoms with Gasteiger partial charge >= 0.3 is 5.97 Å². The third-order valence-electron chi connectivity index (χ3n) is 4.78. The number of carbonyl (C=O) groups is 2. The molecule has 30 heavy (non-hydrogen) atoms. The normalized spacial score (nSPS) is 14.9. The number of halogens is 2. The SMILES string of the molecule is O=C(O)CNC(=O)c1c(O)c2c(Br)ccc3c2n(c1=O)CC(c1ccc(Br)cc1)O3. The molecule has 3 N–H and O–H groups in total. The quantitative estimate of drug-likeness (QED) is 0.470. The summed E-state index contributed by atoms with van der Waals surface area (Å²) in [6, 6.07) is 10.8. The van der Waals surface area contributed by atoms with Crippen LogP contribution in [0.2, 0.25) is 0 Å². The second kappa shape index (κ2) is 7.77. The summed E-state index contributed by atoms with van der Waals surface area (Å²) in [4.78, 5) is 36.5. The minimum absolute atomic E-state index is 0.111. The Morgan fingerprint density at radius 1 is 1.17 bits per heavy atom. The molecule has 1 aliphatic heterocycles. The van der Waals surface area contributed by atoms with Crippen LogP contribution in [0.25, 0.3) is 10.9 Å². The average Bonchev–Trinajstić information content (AvgIpc) is 2.71. The number of nitrogens with one attached hydrogen (secondary N) is 1. The van der Waals surface area contributed by atoms with Gasteiger partial charge in [0.25, 0.3) is 11.5 Å². The van der Waals surface area contributed by atoms with Gasteiger partial charge in [-0.3, -0.25) is 19.0 Å². The Morgan fingerprint density at radius 2 is 1.87 bits per heavy atom. The predicted octanol–water partition coefficient (Wildman–Crippen LogP) is 3.18. The lowest BCUT2D eigenvalue weighted by Crippen LogP contribution is -2.38. The van der Waals surface area contributed by atoms with E-state index < -0.39 is 41.4 Å². The summed E-state index contributed by atoms with van der Waals surface area (Å²) >= 11 is 6.73. The van der Waals surface area contributed by atoms with Gasteiger partial charge in [0.2, 0.25) is 0 Å². The van der Waals surface area contributed by atoms with Gasteiger partial charge in [-0.2, -0.15) is 0 Å². The molecule has 0 bridgehead atoms. The smallest absolute Gasteiger partial charge is 0.322 e. The minimum Gasteiger partial charge on any atom is -0.506 e. The van der Waals surface area contributed by atoms with Crippen molar-refractivity contribution in [1.82, 2.24) is 9.88 Å². The summed E-state index contributed by atoms with van der Waals surface area (Å²) in [5.41, 5.74) is -0.0579. The first kappa shape index (κ1) is 20.4. The number of hydrogen-bond donors (Lipinski definition) is 3. The van der Waals surface area contributed by atoms with Crippen LogP contribution >= 0.6 is 31.9 Å². The van der Waals surface area contributed by atoms with Crippen LogP contribution < -0.4 is 15.6 Å². The Morgan fingerprint density at radius 3 is 2.53 bits per heavy atom. The molecule has 1 amide bonds. The van der Waals surface area contributed by atoms with E-state index in [0.717, 1.165) is 10.0 Å². The highest BCUT2D eigenvalue weighted by atomic mass is 79.9. The van der Waals surface area contributed by atoms with Crippen LogP contribution in [-0.4, -0.2) is 33.2 Å². The lowest BCUT2D eigenvalue weighted by Gasteiger charge is -2.29. The zero-order valence-electron chi connectivity index (χ0n) is 15.2. The average molecular weight is 538 g/mol. The van der Waals surface area contributed by atoms with Gasteiger partial charge in [-0.1, -0.05) is 28.1 Å². The second-order valence-corrected chi connectivity index (χ2v) is 8.41. The molecule has 0 saturated carbocycles. The van der Waals surface area contributed by atoms with Crippen molar-refractivity contribution in [3.8, 4) is 11.5 Å². The van der Waals surface area contributed by atoms with E-state index in [0.29, 0.717) is 15.7 Å². The van der Waals surface area contributed by atoms with Gasteiger partial charge in [0.1, 0.15) is 29.7 Å². The van der Waals surface area contributed by atoms with E-state index in [4.69, 9.17) is 9.84 Å². The number of nitrogens with zero attached hydrogens (tertiary/aromatic N) is 1. The highest BCUT2D eigenvalue weighted by molar-refractivity contribution is 9.11. The number of carbonyl (C=O) groups excluding carboxylic acids is 1. The summed E-state index contributed by atoms with van der Waals surface area (Å²) in [7, 11) is 0. The van der Waals surface area contributed by atoms with Gasteiger partial charge in [-0.25, -0.2) is 0 Å². The fourth-order valence-electron chi connectivity index (χ4n) is 3.43. The van der Waals surface area contributed by atoms with E-state index >= 15 is 0 Å². The van der Waals surface area contributed by atoms with E-state index in [9.17, 15) is 19.5 Å². The molecule has 0 aliphatic carbocycles. The first-order chi connectivity index (χ1) is 14.3. The second-order valence-electron chi connectivity index (χ2n) is 6.64. The Bertz CT molecular complexity index is 1250. The van der Waals surface area contributed by atoms with Crippen molar-refractivity contribution in [3.05, 3.63) is 66.8 Å². The molecule has 3 aromatic rings. The molecule has 1 atom stereocenters. The number of aromatic hydroxyl groups is 1. The Kier molecular flexibility index (Phi) is 5.29. The third-order valence-corrected chi connectivity index (χ3v) is 5.97. The van der Waals surface area contributed by atoms with Gasteiger partial charge in [0, 0.05) is 8.95 Å². The maximum Gasteiger partial charge on any atom is 0.322 e. The third kappa shape index (κ3) is 3.46. The van der Waals surface area contributed by atoms with Crippen molar-refractivity contribution in [2.24, 2.45) is 0 Å². The standard InChI is InChI=1S/C20H14Br2N2O6/c21-10-3-1-9(2-4-10)13-8-24-17-12(30-13)6-5-11(22)15(17)18(27)16(20(24)29)19(28)23-7-14(25)26/h1-6,13,27H,7-8H2,(H,23,28)(H,25,26). The summed E-state index contributed by atoms with van der Waals surface area (Å²) in [6.45, 7) is -0.568. The number of ether oxygens (including phenoxy) is 1. The molecular formula is C20H14Br2N2O6. The van der Waals surface area contributed by atoms with Crippen LogP contribution in [0, 0.1) is 0 Å². The maximum atomic E-state index is 13.2. The van der Waals surface area contributed by atoms with Crippen molar-refractivity contribution in [3.63, 3.8) is 0 Å². The molecule has 2 heterocycles. The molecule has 0 radical (unpaired) electrons. The van der Waals surface area contributed by atoms with E-state index in [-0.39, 0.29) is 11.9 Å².